The van der Waals surface area contributed by atoms with Gasteiger partial charge >= 0.3 is 5.97 Å². The smallest absolute Gasteiger partial charge is 0.329 e. The molecule has 0 radical (unpaired) electrons. The van der Waals surface area contributed by atoms with E-state index < -0.39 is 22.3 Å². The van der Waals surface area contributed by atoms with Gasteiger partial charge in [0.1, 0.15) is 11.2 Å². The average molecular weight is 265 g/mol. The number of nitrogens with zero attached hydrogens (tertiary/aromatic N) is 1. The minimum absolute atomic E-state index is 0.0956. The third-order valence-corrected chi connectivity index (χ3v) is 3.04. The van der Waals surface area contributed by atoms with Crippen LogP contribution < -0.4 is 11.1 Å². The molecule has 0 bridgehead atoms. The van der Waals surface area contributed by atoms with Crippen LogP contribution in [0.3, 0.4) is 0 Å². The first-order valence-electron chi connectivity index (χ1n) is 5.46. The van der Waals surface area contributed by atoms with Crippen molar-refractivity contribution in [2.75, 3.05) is 5.73 Å². The molecular formula is C11H11N3O5. The van der Waals surface area contributed by atoms with Gasteiger partial charge in [0.2, 0.25) is 0 Å². The molecule has 1 aromatic rings. The molecule has 1 aromatic carbocycles. The van der Waals surface area contributed by atoms with Crippen LogP contribution in [0.25, 0.3) is 0 Å². The number of nitrogens with one attached hydrogen (secondary N) is 1. The van der Waals surface area contributed by atoms with Gasteiger partial charge in [0.25, 0.3) is 11.6 Å². The van der Waals surface area contributed by atoms with E-state index in [1.165, 1.54) is 18.2 Å². The van der Waals surface area contributed by atoms with Crippen LogP contribution in [-0.4, -0.2) is 27.4 Å². The number of carboxylic acid groups (broad SMARTS) is 1. The molecule has 0 aromatic heterocycles. The predicted octanol–water partition coefficient (Wildman–Crippen LogP) is 0.524. The SMILES string of the molecule is Nc1c(C(=O)NC2(C(=O)O)CC2)cccc1[N+](=O)[O-]. The van der Waals surface area contributed by atoms with E-state index in [2.05, 4.69) is 5.32 Å². The average Bonchev–Trinajstić information content (AvgIpc) is 3.09. The summed E-state index contributed by atoms with van der Waals surface area (Å²) in [5.74, 6) is -1.84. The number of nitro benzene ring substituents is 1. The summed E-state index contributed by atoms with van der Waals surface area (Å²) in [5.41, 5.74) is 3.55. The fraction of sp³-hybridized carbons (Fsp3) is 0.273. The van der Waals surface area contributed by atoms with Crippen LogP contribution in [0.15, 0.2) is 18.2 Å². The summed E-state index contributed by atoms with van der Waals surface area (Å²) in [7, 11) is 0. The number of benzene rings is 1. The van der Waals surface area contributed by atoms with Gasteiger partial charge in [0, 0.05) is 6.07 Å². The quantitative estimate of drug-likeness (QED) is 0.412. The maximum absolute atomic E-state index is 11.9. The Morgan fingerprint density at radius 2 is 2.05 bits per heavy atom. The molecule has 2 rings (SSSR count). The van der Waals surface area contributed by atoms with E-state index in [0.29, 0.717) is 12.8 Å². The van der Waals surface area contributed by atoms with Gasteiger partial charge in [-0.1, -0.05) is 6.07 Å². The minimum atomic E-state index is -1.26. The number of aliphatic carboxylic acids is 1. The Labute approximate surface area is 107 Å². The van der Waals surface area contributed by atoms with Crippen molar-refractivity contribution in [2.24, 2.45) is 0 Å². The van der Waals surface area contributed by atoms with Crippen molar-refractivity contribution >= 4 is 23.3 Å². The van der Waals surface area contributed by atoms with E-state index in [4.69, 9.17) is 10.8 Å². The summed E-state index contributed by atoms with van der Waals surface area (Å²) >= 11 is 0. The first-order valence-corrected chi connectivity index (χ1v) is 5.46. The molecule has 8 heteroatoms. The maximum atomic E-state index is 11.9. The number of nitrogen functional groups attached to an aromatic ring is 1. The third kappa shape index (κ3) is 2.19. The number of carbonyl (C=O) groups is 2. The Kier molecular flexibility index (Phi) is 2.85. The summed E-state index contributed by atoms with van der Waals surface area (Å²) in [6.45, 7) is 0. The minimum Gasteiger partial charge on any atom is -0.480 e. The monoisotopic (exact) mass is 265 g/mol. The fourth-order valence-corrected chi connectivity index (χ4v) is 1.71. The highest BCUT2D eigenvalue weighted by molar-refractivity contribution is 6.03. The molecule has 0 spiro atoms. The van der Waals surface area contributed by atoms with Crippen LogP contribution in [0.2, 0.25) is 0 Å². The van der Waals surface area contributed by atoms with Gasteiger partial charge in [-0.05, 0) is 18.9 Å². The molecule has 4 N–H and O–H groups in total. The normalized spacial score (nSPS) is 15.6. The topological polar surface area (TPSA) is 136 Å². The fourth-order valence-electron chi connectivity index (χ4n) is 1.71. The lowest BCUT2D eigenvalue weighted by molar-refractivity contribution is -0.383. The number of hydrogen-bond acceptors (Lipinski definition) is 5. The van der Waals surface area contributed by atoms with Crippen LogP contribution >= 0.6 is 0 Å². The molecule has 0 heterocycles. The standard InChI is InChI=1S/C11H11N3O5/c12-8-6(2-1-3-7(8)14(18)19)9(15)13-11(4-5-11)10(16)17/h1-3H,4-5,12H2,(H,13,15)(H,16,17). The lowest BCUT2D eigenvalue weighted by Crippen LogP contribution is -2.43. The van der Waals surface area contributed by atoms with Crippen molar-refractivity contribution in [2.45, 2.75) is 18.4 Å². The van der Waals surface area contributed by atoms with Crippen LogP contribution in [0.5, 0.6) is 0 Å². The molecule has 100 valence electrons. The van der Waals surface area contributed by atoms with E-state index >= 15 is 0 Å². The highest BCUT2D eigenvalue weighted by atomic mass is 16.6. The maximum Gasteiger partial charge on any atom is 0.329 e. The molecule has 8 nitrogen and oxygen atoms in total. The van der Waals surface area contributed by atoms with Crippen molar-refractivity contribution in [3.05, 3.63) is 33.9 Å². The van der Waals surface area contributed by atoms with Crippen molar-refractivity contribution in [1.82, 2.24) is 5.32 Å². The van der Waals surface area contributed by atoms with Gasteiger partial charge in [-0.2, -0.15) is 0 Å². The van der Waals surface area contributed by atoms with Gasteiger partial charge < -0.3 is 16.2 Å². The second-order valence-corrected chi connectivity index (χ2v) is 4.34. The number of rotatable bonds is 4. The van der Waals surface area contributed by atoms with Gasteiger partial charge in [0.15, 0.2) is 0 Å². The van der Waals surface area contributed by atoms with Crippen molar-refractivity contribution in [1.29, 1.82) is 0 Å². The number of para-hydroxylation sites is 1. The Bertz CT molecular complexity index is 580. The van der Waals surface area contributed by atoms with Crippen LogP contribution in [0.1, 0.15) is 23.2 Å². The molecule has 0 unspecified atom stereocenters. The lowest BCUT2D eigenvalue weighted by atomic mass is 10.1. The van der Waals surface area contributed by atoms with Gasteiger partial charge in [-0.3, -0.25) is 14.9 Å². The van der Waals surface area contributed by atoms with Crippen molar-refractivity contribution < 1.29 is 19.6 Å². The Morgan fingerprint density at radius 3 is 2.53 bits per heavy atom. The predicted molar refractivity (Wildman–Crippen MR) is 64.6 cm³/mol. The highest BCUT2D eigenvalue weighted by Crippen LogP contribution is 2.36. The first kappa shape index (κ1) is 12.8. The summed E-state index contributed by atoms with van der Waals surface area (Å²) in [4.78, 5) is 32.9. The first-order chi connectivity index (χ1) is 8.87. The largest absolute Gasteiger partial charge is 0.480 e. The molecule has 0 atom stereocenters. The zero-order valence-electron chi connectivity index (χ0n) is 9.75. The van der Waals surface area contributed by atoms with Gasteiger partial charge in [-0.25, -0.2) is 4.79 Å². The second kappa shape index (κ2) is 4.23. The second-order valence-electron chi connectivity index (χ2n) is 4.34. The van der Waals surface area contributed by atoms with Gasteiger partial charge in [0.05, 0.1) is 10.5 Å². The van der Waals surface area contributed by atoms with E-state index in [1.54, 1.807) is 0 Å². The number of carbonyl (C=O) groups excluding carboxylic acids is 1. The molecule has 1 aliphatic carbocycles. The van der Waals surface area contributed by atoms with Gasteiger partial charge in [-0.15, -0.1) is 0 Å². The van der Waals surface area contributed by atoms with E-state index in [9.17, 15) is 19.7 Å². The molecule has 0 saturated heterocycles. The molecule has 1 amide bonds. The molecule has 1 fully saturated rings. The van der Waals surface area contributed by atoms with Crippen LogP contribution in [-0.2, 0) is 4.79 Å². The van der Waals surface area contributed by atoms with Crippen LogP contribution in [0.4, 0.5) is 11.4 Å². The number of hydrogen-bond donors (Lipinski definition) is 3. The third-order valence-electron chi connectivity index (χ3n) is 3.04. The number of carboxylic acids is 1. The van der Waals surface area contributed by atoms with E-state index in [1.807, 2.05) is 0 Å². The summed E-state index contributed by atoms with van der Waals surface area (Å²) < 4.78 is 0. The number of amides is 1. The number of nitrogens with two attached hydrogens (primary N) is 1. The lowest BCUT2D eigenvalue weighted by Gasteiger charge is -2.13. The Hall–Kier alpha value is -2.64. The highest BCUT2D eigenvalue weighted by Gasteiger charge is 2.51. The van der Waals surface area contributed by atoms with E-state index in [0.717, 1.165) is 0 Å². The molecule has 0 aliphatic heterocycles. The van der Waals surface area contributed by atoms with Crippen LogP contribution in [0, 0.1) is 10.1 Å². The summed E-state index contributed by atoms with van der Waals surface area (Å²) in [5, 5.41) is 22.0. The van der Waals surface area contributed by atoms with Crippen molar-refractivity contribution in [3.63, 3.8) is 0 Å². The Balaban J connectivity index is 2.28. The number of nitro groups is 1. The Morgan fingerprint density at radius 1 is 1.42 bits per heavy atom. The molecular weight excluding hydrogens is 254 g/mol. The number of anilines is 1. The van der Waals surface area contributed by atoms with Crippen molar-refractivity contribution in [3.8, 4) is 0 Å². The summed E-state index contributed by atoms with van der Waals surface area (Å²) in [6.07, 6.45) is 0.672. The molecule has 1 saturated carbocycles. The zero-order chi connectivity index (χ0) is 14.2. The van der Waals surface area contributed by atoms with E-state index in [-0.39, 0.29) is 16.9 Å². The molecule has 19 heavy (non-hydrogen) atoms. The zero-order valence-corrected chi connectivity index (χ0v) is 9.75. The summed E-state index contributed by atoms with van der Waals surface area (Å²) in [6, 6.07) is 3.82. The molecule has 1 aliphatic rings.